The Morgan fingerprint density at radius 1 is 1.13 bits per heavy atom. The molecule has 4 nitrogen and oxygen atoms in total. The number of methoxy groups -OCH3 is 1. The summed E-state index contributed by atoms with van der Waals surface area (Å²) in [6, 6.07) is 17.6. The third kappa shape index (κ3) is 3.38. The second-order valence-electron chi connectivity index (χ2n) is 5.18. The van der Waals surface area contributed by atoms with Gasteiger partial charge in [0.15, 0.2) is 0 Å². The van der Waals surface area contributed by atoms with Gasteiger partial charge in [-0.15, -0.1) is 0 Å². The zero-order valence-corrected chi connectivity index (χ0v) is 13.6. The molecular formula is C18H18ClN3O. The smallest absolute Gasteiger partial charge is 0.121 e. The van der Waals surface area contributed by atoms with Crippen molar-refractivity contribution in [3.63, 3.8) is 0 Å². The summed E-state index contributed by atoms with van der Waals surface area (Å²) >= 11 is 5.99. The van der Waals surface area contributed by atoms with E-state index in [2.05, 4.69) is 6.07 Å². The molecule has 118 valence electrons. The molecule has 2 N–H and O–H groups in total. The summed E-state index contributed by atoms with van der Waals surface area (Å²) in [6.07, 6.45) is 0.734. The average molecular weight is 328 g/mol. The highest BCUT2D eigenvalue weighted by molar-refractivity contribution is 6.30. The summed E-state index contributed by atoms with van der Waals surface area (Å²) in [6.45, 7) is 0.565. The van der Waals surface area contributed by atoms with Crippen LogP contribution in [-0.4, -0.2) is 23.4 Å². The normalized spacial score (nSPS) is 10.7. The van der Waals surface area contributed by atoms with Crippen LogP contribution < -0.4 is 10.5 Å². The Bertz CT molecular complexity index is 796. The van der Waals surface area contributed by atoms with E-state index in [1.807, 2.05) is 53.2 Å². The minimum atomic E-state index is 0.565. The van der Waals surface area contributed by atoms with Gasteiger partial charge < -0.3 is 10.5 Å². The van der Waals surface area contributed by atoms with Crippen molar-refractivity contribution in [2.24, 2.45) is 5.73 Å². The van der Waals surface area contributed by atoms with Gasteiger partial charge in [-0.1, -0.05) is 29.8 Å². The van der Waals surface area contributed by atoms with E-state index in [0.717, 1.165) is 34.8 Å². The summed E-state index contributed by atoms with van der Waals surface area (Å²) in [7, 11) is 1.65. The molecule has 0 radical (unpaired) electrons. The number of aromatic nitrogens is 2. The lowest BCUT2D eigenvalue weighted by Crippen LogP contribution is -2.04. The van der Waals surface area contributed by atoms with Crippen LogP contribution in [-0.2, 0) is 6.42 Å². The van der Waals surface area contributed by atoms with Gasteiger partial charge in [0.25, 0.3) is 0 Å². The molecule has 0 unspecified atom stereocenters. The number of hydrogen-bond acceptors (Lipinski definition) is 3. The fourth-order valence-corrected chi connectivity index (χ4v) is 2.59. The van der Waals surface area contributed by atoms with Gasteiger partial charge in [0.2, 0.25) is 0 Å². The molecule has 3 aromatic rings. The first-order valence-electron chi connectivity index (χ1n) is 7.40. The van der Waals surface area contributed by atoms with E-state index in [9.17, 15) is 0 Å². The molecule has 3 rings (SSSR count). The molecule has 0 aliphatic carbocycles. The quantitative estimate of drug-likeness (QED) is 0.777. The molecular weight excluding hydrogens is 310 g/mol. The molecule has 1 aromatic heterocycles. The molecule has 2 aromatic carbocycles. The maximum absolute atomic E-state index is 5.99. The van der Waals surface area contributed by atoms with Crippen LogP contribution in [0.4, 0.5) is 0 Å². The SMILES string of the molecule is COc1cccc(-n2nc(CCN)cc2-c2ccc(Cl)cc2)c1. The molecule has 0 atom stereocenters. The molecule has 0 spiro atoms. The number of nitrogens with zero attached hydrogens (tertiary/aromatic N) is 2. The second-order valence-corrected chi connectivity index (χ2v) is 5.62. The van der Waals surface area contributed by atoms with Crippen LogP contribution in [0.5, 0.6) is 5.75 Å². The lowest BCUT2D eigenvalue weighted by molar-refractivity contribution is 0.414. The molecule has 0 saturated heterocycles. The number of rotatable bonds is 5. The number of benzene rings is 2. The van der Waals surface area contributed by atoms with Crippen LogP contribution in [0, 0.1) is 0 Å². The molecule has 0 saturated carbocycles. The first-order chi connectivity index (χ1) is 11.2. The summed E-state index contributed by atoms with van der Waals surface area (Å²) in [5, 5.41) is 5.40. The summed E-state index contributed by atoms with van der Waals surface area (Å²) in [4.78, 5) is 0. The van der Waals surface area contributed by atoms with Crippen molar-refractivity contribution in [3.8, 4) is 22.7 Å². The Labute approximate surface area is 140 Å². The lowest BCUT2D eigenvalue weighted by Gasteiger charge is -2.09. The first-order valence-corrected chi connectivity index (χ1v) is 7.78. The highest BCUT2D eigenvalue weighted by atomic mass is 35.5. The van der Waals surface area contributed by atoms with Gasteiger partial charge in [0.1, 0.15) is 5.75 Å². The van der Waals surface area contributed by atoms with Crippen molar-refractivity contribution in [3.05, 3.63) is 65.3 Å². The molecule has 0 aliphatic heterocycles. The summed E-state index contributed by atoms with van der Waals surface area (Å²) in [5.41, 5.74) is 9.62. The molecule has 0 aliphatic rings. The summed E-state index contributed by atoms with van der Waals surface area (Å²) < 4.78 is 7.23. The van der Waals surface area contributed by atoms with Gasteiger partial charge in [-0.25, -0.2) is 4.68 Å². The van der Waals surface area contributed by atoms with Crippen LogP contribution in [0.25, 0.3) is 16.9 Å². The monoisotopic (exact) mass is 327 g/mol. The first kappa shape index (κ1) is 15.6. The fourth-order valence-electron chi connectivity index (χ4n) is 2.47. The maximum atomic E-state index is 5.99. The Kier molecular flexibility index (Phi) is 4.65. The molecule has 1 heterocycles. The van der Waals surface area contributed by atoms with Crippen molar-refractivity contribution in [1.82, 2.24) is 9.78 Å². The van der Waals surface area contributed by atoms with Crippen molar-refractivity contribution >= 4 is 11.6 Å². The van der Waals surface area contributed by atoms with E-state index in [4.69, 9.17) is 27.2 Å². The lowest BCUT2D eigenvalue weighted by atomic mass is 10.1. The summed E-state index contributed by atoms with van der Waals surface area (Å²) in [5.74, 6) is 0.792. The van der Waals surface area contributed by atoms with Gasteiger partial charge in [-0.2, -0.15) is 5.10 Å². The predicted octanol–water partition coefficient (Wildman–Crippen LogP) is 3.70. The zero-order chi connectivity index (χ0) is 16.2. The minimum Gasteiger partial charge on any atom is -0.497 e. The van der Waals surface area contributed by atoms with Crippen molar-refractivity contribution < 1.29 is 4.74 Å². The number of nitrogens with two attached hydrogens (primary N) is 1. The van der Waals surface area contributed by atoms with Crippen LogP contribution >= 0.6 is 11.6 Å². The van der Waals surface area contributed by atoms with Gasteiger partial charge in [0.05, 0.1) is 24.2 Å². The van der Waals surface area contributed by atoms with E-state index in [1.54, 1.807) is 7.11 Å². The van der Waals surface area contributed by atoms with Crippen LogP contribution in [0.3, 0.4) is 0 Å². The predicted molar refractivity (Wildman–Crippen MR) is 93.3 cm³/mol. The van der Waals surface area contributed by atoms with E-state index in [1.165, 1.54) is 0 Å². The highest BCUT2D eigenvalue weighted by Gasteiger charge is 2.12. The Morgan fingerprint density at radius 2 is 1.91 bits per heavy atom. The Morgan fingerprint density at radius 3 is 2.61 bits per heavy atom. The van der Waals surface area contributed by atoms with Crippen LogP contribution in [0.2, 0.25) is 5.02 Å². The third-order valence-electron chi connectivity index (χ3n) is 3.60. The van der Waals surface area contributed by atoms with E-state index >= 15 is 0 Å². The van der Waals surface area contributed by atoms with Crippen molar-refractivity contribution in [1.29, 1.82) is 0 Å². The molecule has 0 bridgehead atoms. The van der Waals surface area contributed by atoms with Crippen molar-refractivity contribution in [2.45, 2.75) is 6.42 Å². The number of hydrogen-bond donors (Lipinski definition) is 1. The van der Waals surface area contributed by atoms with Crippen LogP contribution in [0.1, 0.15) is 5.69 Å². The largest absolute Gasteiger partial charge is 0.497 e. The van der Waals surface area contributed by atoms with E-state index in [0.29, 0.717) is 11.6 Å². The molecule has 0 amide bonds. The number of halogens is 1. The van der Waals surface area contributed by atoms with E-state index < -0.39 is 0 Å². The van der Waals surface area contributed by atoms with Gasteiger partial charge in [-0.05, 0) is 36.9 Å². The molecule has 0 fully saturated rings. The number of ether oxygens (including phenoxy) is 1. The minimum absolute atomic E-state index is 0.565. The van der Waals surface area contributed by atoms with Gasteiger partial charge in [-0.3, -0.25) is 0 Å². The highest BCUT2D eigenvalue weighted by Crippen LogP contribution is 2.27. The standard InChI is InChI=1S/C18H18ClN3O/c1-23-17-4-2-3-16(12-17)22-18(11-15(21-22)9-10-20)13-5-7-14(19)8-6-13/h2-8,11-12H,9-10,20H2,1H3. The third-order valence-corrected chi connectivity index (χ3v) is 3.85. The van der Waals surface area contributed by atoms with E-state index in [-0.39, 0.29) is 0 Å². The van der Waals surface area contributed by atoms with Gasteiger partial charge >= 0.3 is 0 Å². The Balaban J connectivity index is 2.12. The maximum Gasteiger partial charge on any atom is 0.121 e. The Hall–Kier alpha value is -2.30. The second kappa shape index (κ2) is 6.86. The average Bonchev–Trinajstić information content (AvgIpc) is 3.00. The van der Waals surface area contributed by atoms with Gasteiger partial charge in [0, 0.05) is 23.1 Å². The zero-order valence-electron chi connectivity index (χ0n) is 12.9. The van der Waals surface area contributed by atoms with Crippen molar-refractivity contribution in [2.75, 3.05) is 13.7 Å². The molecule has 5 heteroatoms. The van der Waals surface area contributed by atoms with Crippen LogP contribution in [0.15, 0.2) is 54.6 Å². The fraction of sp³-hybridized carbons (Fsp3) is 0.167. The topological polar surface area (TPSA) is 53.1 Å². The molecule has 23 heavy (non-hydrogen) atoms.